The van der Waals surface area contributed by atoms with Gasteiger partial charge in [-0.15, -0.1) is 24.8 Å². The van der Waals surface area contributed by atoms with Crippen molar-refractivity contribution in [3.63, 3.8) is 0 Å². The van der Waals surface area contributed by atoms with Gasteiger partial charge in [-0.1, -0.05) is 19.1 Å². The number of anilines is 2. The second kappa shape index (κ2) is 12.2. The molecular weight excluding hydrogens is 560 g/mol. The summed E-state index contributed by atoms with van der Waals surface area (Å²) in [5.41, 5.74) is 8.97. The van der Waals surface area contributed by atoms with Crippen molar-refractivity contribution in [1.29, 1.82) is 0 Å². The maximum atomic E-state index is 6.07. The lowest BCUT2D eigenvalue weighted by Gasteiger charge is -2.27. The number of rotatable bonds is 7. The summed E-state index contributed by atoms with van der Waals surface area (Å²) in [6.45, 7) is 5.06. The lowest BCUT2D eigenvalue weighted by Crippen LogP contribution is -2.33. The van der Waals surface area contributed by atoms with Gasteiger partial charge in [0.2, 0.25) is 5.95 Å². The van der Waals surface area contributed by atoms with Crippen LogP contribution in [0, 0.1) is 3.57 Å². The van der Waals surface area contributed by atoms with Gasteiger partial charge >= 0.3 is 0 Å². The topological polar surface area (TPSA) is 93.7 Å². The zero-order valence-corrected chi connectivity index (χ0v) is 22.2. The minimum Gasteiger partial charge on any atom is -0.364 e. The molecule has 3 aromatic rings. The van der Waals surface area contributed by atoms with Crippen molar-refractivity contribution in [3.05, 3.63) is 39.7 Å². The molecule has 4 N–H and O–H groups in total. The first-order chi connectivity index (χ1) is 14.5. The molecule has 10 heteroatoms. The predicted octanol–water partition coefficient (Wildman–Crippen LogP) is 5.54. The quantitative estimate of drug-likeness (QED) is 0.312. The van der Waals surface area contributed by atoms with E-state index in [4.69, 9.17) is 15.7 Å². The van der Waals surface area contributed by atoms with E-state index in [1.807, 2.05) is 6.33 Å². The lowest BCUT2D eigenvalue weighted by atomic mass is 9.92. The molecule has 1 unspecified atom stereocenters. The van der Waals surface area contributed by atoms with E-state index in [2.05, 4.69) is 80.9 Å². The van der Waals surface area contributed by atoms with Crippen LogP contribution < -0.4 is 16.4 Å². The summed E-state index contributed by atoms with van der Waals surface area (Å²) in [5, 5.41) is 7.05. The van der Waals surface area contributed by atoms with E-state index in [1.165, 1.54) is 9.13 Å². The van der Waals surface area contributed by atoms with Gasteiger partial charge in [-0.2, -0.15) is 9.97 Å². The third-order valence-corrected chi connectivity index (χ3v) is 6.61. The summed E-state index contributed by atoms with van der Waals surface area (Å²) in [4.78, 5) is 14.3. The Hall–Kier alpha value is -1.36. The van der Waals surface area contributed by atoms with Crippen molar-refractivity contribution in [2.45, 2.75) is 70.6 Å². The van der Waals surface area contributed by atoms with E-state index in [0.717, 1.165) is 49.1 Å². The molecule has 0 saturated heterocycles. The third kappa shape index (κ3) is 6.36. The van der Waals surface area contributed by atoms with Crippen LogP contribution in [0.1, 0.15) is 57.6 Å². The number of hydrogen-bond donors (Lipinski definition) is 3. The third-order valence-electron chi connectivity index (χ3n) is 5.94. The average Bonchev–Trinajstić information content (AvgIpc) is 3.17. The molecule has 32 heavy (non-hydrogen) atoms. The molecule has 0 radical (unpaired) electrons. The molecule has 0 aliphatic heterocycles. The Morgan fingerprint density at radius 2 is 1.94 bits per heavy atom. The summed E-state index contributed by atoms with van der Waals surface area (Å²) < 4.78 is 3.37. The van der Waals surface area contributed by atoms with Crippen molar-refractivity contribution in [1.82, 2.24) is 19.5 Å². The van der Waals surface area contributed by atoms with Gasteiger partial charge in [0, 0.05) is 28.2 Å². The highest BCUT2D eigenvalue weighted by molar-refractivity contribution is 14.1. The number of halogens is 3. The molecule has 1 saturated carbocycles. The molecule has 2 aromatic heterocycles. The lowest BCUT2D eigenvalue weighted by molar-refractivity contribution is 0.410. The molecule has 1 atom stereocenters. The minimum atomic E-state index is 0. The fraction of sp³-hybridized carbons (Fsp3) is 0.500. The van der Waals surface area contributed by atoms with Crippen LogP contribution in [0.4, 0.5) is 11.8 Å². The first kappa shape index (κ1) is 26.9. The standard InChI is InChI=1S/C22H30IN7.2ClH/c1-3-14(2)30-13-26-19-20(25-12-15-5-4-6-16(23)11-15)28-22(29-21(19)30)27-18-9-7-17(24)8-10-18;;/h4-6,11,13-14,17-18H,3,7-10,12,24H2,1-2H3,(H2,25,27,28,29);2*1H/t14?,17-,18-;;. The van der Waals surface area contributed by atoms with Crippen LogP contribution >= 0.6 is 47.4 Å². The summed E-state index contributed by atoms with van der Waals surface area (Å²) in [6, 6.07) is 9.49. The highest BCUT2D eigenvalue weighted by Gasteiger charge is 2.21. The second-order valence-corrected chi connectivity index (χ2v) is 9.46. The number of nitrogens with one attached hydrogen (secondary N) is 2. The number of nitrogens with zero attached hydrogens (tertiary/aromatic N) is 4. The normalized spacial score (nSPS) is 19.0. The molecule has 0 amide bonds. The summed E-state index contributed by atoms with van der Waals surface area (Å²) in [6.07, 6.45) is 7.10. The van der Waals surface area contributed by atoms with Crippen molar-refractivity contribution in [3.8, 4) is 0 Å². The zero-order valence-electron chi connectivity index (χ0n) is 18.4. The first-order valence-electron chi connectivity index (χ1n) is 10.8. The van der Waals surface area contributed by atoms with Crippen LogP contribution in [0.5, 0.6) is 0 Å². The van der Waals surface area contributed by atoms with Crippen LogP contribution in [-0.4, -0.2) is 31.6 Å². The fourth-order valence-corrected chi connectivity index (χ4v) is 4.51. The van der Waals surface area contributed by atoms with Gasteiger partial charge in [-0.25, -0.2) is 4.98 Å². The Morgan fingerprint density at radius 3 is 2.62 bits per heavy atom. The predicted molar refractivity (Wildman–Crippen MR) is 145 cm³/mol. The molecule has 1 aromatic carbocycles. The Labute approximate surface area is 215 Å². The Bertz CT molecular complexity index is 1010. The van der Waals surface area contributed by atoms with Gasteiger partial charge in [-0.3, -0.25) is 0 Å². The van der Waals surface area contributed by atoms with Crippen molar-refractivity contribution in [2.75, 3.05) is 10.6 Å². The van der Waals surface area contributed by atoms with Crippen LogP contribution in [0.15, 0.2) is 30.6 Å². The molecule has 2 heterocycles. The molecule has 1 fully saturated rings. The second-order valence-electron chi connectivity index (χ2n) is 8.22. The van der Waals surface area contributed by atoms with E-state index >= 15 is 0 Å². The molecule has 0 spiro atoms. The van der Waals surface area contributed by atoms with Crippen molar-refractivity contribution in [2.24, 2.45) is 5.73 Å². The van der Waals surface area contributed by atoms with Gasteiger partial charge in [0.05, 0.1) is 6.33 Å². The van der Waals surface area contributed by atoms with Crippen LogP contribution in [0.25, 0.3) is 11.2 Å². The van der Waals surface area contributed by atoms with E-state index in [1.54, 1.807) is 0 Å². The molecule has 1 aliphatic carbocycles. The number of nitrogens with two attached hydrogens (primary N) is 1. The van der Waals surface area contributed by atoms with E-state index in [9.17, 15) is 0 Å². The van der Waals surface area contributed by atoms with Gasteiger partial charge in [0.15, 0.2) is 17.0 Å². The number of hydrogen-bond acceptors (Lipinski definition) is 6. The Kier molecular flexibility index (Phi) is 10.3. The Balaban J connectivity index is 0.00000181. The molecular formula is C22H32Cl2IN7. The summed E-state index contributed by atoms with van der Waals surface area (Å²) in [7, 11) is 0. The van der Waals surface area contributed by atoms with Gasteiger partial charge in [-0.05, 0) is 79.3 Å². The number of aromatic nitrogens is 4. The van der Waals surface area contributed by atoms with Gasteiger partial charge in [0.1, 0.15) is 0 Å². The summed E-state index contributed by atoms with van der Waals surface area (Å²) in [5.74, 6) is 1.44. The Morgan fingerprint density at radius 1 is 1.19 bits per heavy atom. The van der Waals surface area contributed by atoms with Crippen LogP contribution in [-0.2, 0) is 6.54 Å². The molecule has 1 aliphatic rings. The van der Waals surface area contributed by atoms with Crippen LogP contribution in [0.3, 0.4) is 0 Å². The van der Waals surface area contributed by atoms with Crippen LogP contribution in [0.2, 0.25) is 0 Å². The molecule has 4 rings (SSSR count). The van der Waals surface area contributed by atoms with Gasteiger partial charge < -0.3 is 20.9 Å². The summed E-state index contributed by atoms with van der Waals surface area (Å²) >= 11 is 2.34. The van der Waals surface area contributed by atoms with E-state index < -0.39 is 0 Å². The minimum absolute atomic E-state index is 0. The van der Waals surface area contributed by atoms with Crippen molar-refractivity contribution < 1.29 is 0 Å². The number of imidazole rings is 1. The smallest absolute Gasteiger partial charge is 0.227 e. The zero-order chi connectivity index (χ0) is 21.1. The highest BCUT2D eigenvalue weighted by Crippen LogP contribution is 2.27. The van der Waals surface area contributed by atoms with Crippen molar-refractivity contribution >= 4 is 70.3 Å². The number of benzene rings is 1. The van der Waals surface area contributed by atoms with Gasteiger partial charge in [0.25, 0.3) is 0 Å². The molecule has 176 valence electrons. The first-order valence-corrected chi connectivity index (χ1v) is 11.9. The maximum Gasteiger partial charge on any atom is 0.227 e. The van der Waals surface area contributed by atoms with E-state index in [-0.39, 0.29) is 24.8 Å². The fourth-order valence-electron chi connectivity index (χ4n) is 3.90. The maximum absolute atomic E-state index is 6.07. The highest BCUT2D eigenvalue weighted by atomic mass is 127. The SMILES string of the molecule is CCC(C)n1cnc2c(NCc3cccc(I)c3)nc(N[C@H]3CC[C@H](N)CC3)nc21.Cl.Cl. The largest absolute Gasteiger partial charge is 0.364 e. The molecule has 7 nitrogen and oxygen atoms in total. The monoisotopic (exact) mass is 591 g/mol. The van der Waals surface area contributed by atoms with E-state index in [0.29, 0.717) is 30.6 Å². The molecule has 0 bridgehead atoms. The average molecular weight is 592 g/mol. The number of fused-ring (bicyclic) bond motifs is 1.